The van der Waals surface area contributed by atoms with Gasteiger partial charge < -0.3 is 28.4 Å². The first-order chi connectivity index (χ1) is 10.1. The van der Waals surface area contributed by atoms with Gasteiger partial charge in [-0.2, -0.15) is 0 Å². The molecule has 0 aromatic carbocycles. The zero-order valence-electron chi connectivity index (χ0n) is 13.7. The highest BCUT2D eigenvalue weighted by Gasteiger charge is 2.64. The van der Waals surface area contributed by atoms with Gasteiger partial charge in [0.25, 0.3) is 0 Å². The Kier molecular flexibility index (Phi) is 8.04. The topological polar surface area (TPSA) is 64.6 Å². The van der Waals surface area contributed by atoms with Crippen LogP contribution in [0.1, 0.15) is 34.6 Å². The highest BCUT2D eigenvalue weighted by Crippen LogP contribution is 2.40. The Hall–Kier alpha value is -0.280. The molecule has 0 spiro atoms. The van der Waals surface area contributed by atoms with Gasteiger partial charge in [-0.15, -0.1) is 0 Å². The van der Waals surface area contributed by atoms with Crippen molar-refractivity contribution in [2.45, 2.75) is 52.9 Å². The molecule has 0 aromatic heterocycles. The van der Waals surface area contributed by atoms with Gasteiger partial charge >= 0.3 is 11.9 Å². The maximum Gasteiger partial charge on any atom is 0.372 e. The van der Waals surface area contributed by atoms with Crippen molar-refractivity contribution >= 4 is 0 Å². The van der Waals surface area contributed by atoms with Crippen LogP contribution in [0.15, 0.2) is 0 Å². The predicted octanol–water partition coefficient (Wildman–Crippen LogP) is 1.85. The lowest BCUT2D eigenvalue weighted by Crippen LogP contribution is -2.69. The highest BCUT2D eigenvalue weighted by atomic mass is 17.0. The van der Waals surface area contributed by atoms with Gasteiger partial charge in [0.15, 0.2) is 6.29 Å². The van der Waals surface area contributed by atoms with E-state index in [0.29, 0.717) is 33.0 Å². The van der Waals surface area contributed by atoms with Crippen molar-refractivity contribution in [3.8, 4) is 0 Å². The summed E-state index contributed by atoms with van der Waals surface area (Å²) in [7, 11) is 0. The number of ether oxygens (including phenoxy) is 7. The number of rotatable bonds is 10. The zero-order chi connectivity index (χ0) is 15.8. The van der Waals surface area contributed by atoms with E-state index in [0.717, 1.165) is 0 Å². The minimum Gasteiger partial charge on any atom is -0.350 e. The monoisotopic (exact) mass is 308 g/mol. The van der Waals surface area contributed by atoms with E-state index >= 15 is 0 Å². The molecule has 7 nitrogen and oxygen atoms in total. The van der Waals surface area contributed by atoms with Crippen LogP contribution in [0, 0.1) is 0 Å². The third kappa shape index (κ3) is 4.13. The maximum absolute atomic E-state index is 5.87. The van der Waals surface area contributed by atoms with Gasteiger partial charge in [-0.05, 0) is 34.6 Å². The Bertz CT molecular complexity index is 272. The van der Waals surface area contributed by atoms with Crippen molar-refractivity contribution < 1.29 is 33.2 Å². The van der Waals surface area contributed by atoms with E-state index in [4.69, 9.17) is 33.2 Å². The molecular weight excluding hydrogens is 280 g/mol. The lowest BCUT2D eigenvalue weighted by atomic mass is 10.3. The first kappa shape index (κ1) is 18.8. The van der Waals surface area contributed by atoms with E-state index in [1.165, 1.54) is 0 Å². The van der Waals surface area contributed by atoms with Gasteiger partial charge in [-0.25, -0.2) is 0 Å². The lowest BCUT2D eigenvalue weighted by molar-refractivity contribution is -0.599. The molecule has 0 aliphatic carbocycles. The van der Waals surface area contributed by atoms with Gasteiger partial charge in [-0.1, -0.05) is 0 Å². The first-order valence-electron chi connectivity index (χ1n) is 7.62. The molecular formula is C14H28O7. The number of hydrogen-bond donors (Lipinski definition) is 0. The van der Waals surface area contributed by atoms with Crippen molar-refractivity contribution in [1.29, 1.82) is 0 Å². The largest absolute Gasteiger partial charge is 0.372 e. The van der Waals surface area contributed by atoms with Gasteiger partial charge in [-0.3, -0.25) is 4.74 Å². The molecule has 1 aliphatic heterocycles. The molecule has 1 unspecified atom stereocenters. The molecule has 0 bridgehead atoms. The summed E-state index contributed by atoms with van der Waals surface area (Å²) >= 11 is 0. The number of hydrogen-bond acceptors (Lipinski definition) is 7. The summed E-state index contributed by atoms with van der Waals surface area (Å²) in [5.41, 5.74) is 0. The lowest BCUT2D eigenvalue weighted by Gasteiger charge is -2.49. The van der Waals surface area contributed by atoms with Crippen molar-refractivity contribution in [3.05, 3.63) is 0 Å². The molecule has 0 radical (unpaired) electrons. The van der Waals surface area contributed by atoms with Crippen LogP contribution in [-0.4, -0.2) is 57.9 Å². The van der Waals surface area contributed by atoms with Gasteiger partial charge in [0.05, 0.1) is 0 Å². The molecule has 126 valence electrons. The summed E-state index contributed by atoms with van der Waals surface area (Å²) in [6.45, 7) is 11.2. The fraction of sp³-hybridized carbons (Fsp3) is 1.00. The van der Waals surface area contributed by atoms with E-state index in [2.05, 4.69) is 0 Å². The first-order valence-corrected chi connectivity index (χ1v) is 7.62. The van der Waals surface area contributed by atoms with Gasteiger partial charge in [0, 0.05) is 33.0 Å². The average molecular weight is 308 g/mol. The van der Waals surface area contributed by atoms with Crippen LogP contribution in [0.4, 0.5) is 0 Å². The summed E-state index contributed by atoms with van der Waals surface area (Å²) in [5.74, 6) is -3.20. The van der Waals surface area contributed by atoms with E-state index in [-0.39, 0.29) is 6.61 Å². The summed E-state index contributed by atoms with van der Waals surface area (Å²) in [4.78, 5) is 0. The Morgan fingerprint density at radius 3 is 1.67 bits per heavy atom. The Morgan fingerprint density at radius 2 is 1.24 bits per heavy atom. The van der Waals surface area contributed by atoms with E-state index < -0.39 is 18.2 Å². The summed E-state index contributed by atoms with van der Waals surface area (Å²) in [5, 5.41) is 0. The fourth-order valence-corrected chi connectivity index (χ4v) is 2.16. The van der Waals surface area contributed by atoms with Crippen molar-refractivity contribution in [2.24, 2.45) is 0 Å². The van der Waals surface area contributed by atoms with Gasteiger partial charge in [0.1, 0.15) is 6.61 Å². The van der Waals surface area contributed by atoms with E-state index in [1.807, 2.05) is 34.6 Å². The normalized spacial score (nSPS) is 24.1. The molecule has 7 heteroatoms. The quantitative estimate of drug-likeness (QED) is 0.571. The van der Waals surface area contributed by atoms with Crippen molar-refractivity contribution in [1.82, 2.24) is 0 Å². The summed E-state index contributed by atoms with van der Waals surface area (Å²) < 4.78 is 39.9. The Labute approximate surface area is 126 Å². The van der Waals surface area contributed by atoms with Crippen LogP contribution in [0.3, 0.4) is 0 Å². The minimum absolute atomic E-state index is 0.162. The molecule has 1 fully saturated rings. The third-order valence-electron chi connectivity index (χ3n) is 2.76. The van der Waals surface area contributed by atoms with Crippen LogP contribution in [0.5, 0.6) is 0 Å². The van der Waals surface area contributed by atoms with Crippen LogP contribution in [0.25, 0.3) is 0 Å². The van der Waals surface area contributed by atoms with Crippen molar-refractivity contribution in [3.63, 3.8) is 0 Å². The Morgan fingerprint density at radius 1 is 0.762 bits per heavy atom. The highest BCUT2D eigenvalue weighted by molar-refractivity contribution is 4.79. The van der Waals surface area contributed by atoms with E-state index in [1.54, 1.807) is 0 Å². The molecule has 0 saturated carbocycles. The maximum atomic E-state index is 5.87. The summed E-state index contributed by atoms with van der Waals surface area (Å²) in [6.07, 6.45) is -0.609. The second kappa shape index (κ2) is 8.99. The average Bonchev–Trinajstić information content (AvgIpc) is 2.44. The Balaban J connectivity index is 3.10. The molecule has 1 heterocycles. The molecule has 0 N–H and O–H groups in total. The third-order valence-corrected chi connectivity index (χ3v) is 2.76. The van der Waals surface area contributed by atoms with Crippen LogP contribution in [0.2, 0.25) is 0 Å². The molecule has 1 saturated heterocycles. The molecule has 1 rings (SSSR count). The molecule has 0 aromatic rings. The smallest absolute Gasteiger partial charge is 0.350 e. The van der Waals surface area contributed by atoms with Gasteiger partial charge in [0.2, 0.25) is 0 Å². The standard InChI is InChI=1S/C14H28O7/c1-6-15-12-11-20-13(16-7-2,17-8-3)14(21-12,18-9-4)19-10-5/h12H,6-11H2,1-5H3. The SMILES string of the molecule is CCOC1COC(OCC)(OCC)C(OCC)(OCC)O1. The minimum atomic E-state index is -1.62. The predicted molar refractivity (Wildman–Crippen MR) is 74.4 cm³/mol. The second-order valence-electron chi connectivity index (χ2n) is 4.16. The van der Waals surface area contributed by atoms with Crippen LogP contribution in [-0.2, 0) is 33.2 Å². The summed E-state index contributed by atoms with van der Waals surface area (Å²) in [6, 6.07) is 0. The van der Waals surface area contributed by atoms with Crippen LogP contribution < -0.4 is 0 Å². The molecule has 1 atom stereocenters. The fourth-order valence-electron chi connectivity index (χ4n) is 2.16. The van der Waals surface area contributed by atoms with Crippen molar-refractivity contribution in [2.75, 3.05) is 39.6 Å². The molecule has 1 aliphatic rings. The van der Waals surface area contributed by atoms with Crippen LogP contribution >= 0.6 is 0 Å². The van der Waals surface area contributed by atoms with E-state index in [9.17, 15) is 0 Å². The zero-order valence-corrected chi connectivity index (χ0v) is 13.7. The second-order valence-corrected chi connectivity index (χ2v) is 4.16. The molecule has 0 amide bonds. The molecule has 21 heavy (non-hydrogen) atoms.